The fourth-order valence-corrected chi connectivity index (χ4v) is 3.84. The van der Waals surface area contributed by atoms with Gasteiger partial charge in [0.25, 0.3) is 0 Å². The van der Waals surface area contributed by atoms with Crippen LogP contribution in [0.4, 0.5) is 27.8 Å². The van der Waals surface area contributed by atoms with Crippen molar-refractivity contribution in [3.8, 4) is 22.8 Å². The lowest BCUT2D eigenvalue weighted by Gasteiger charge is -2.25. The number of likely N-dealkylation sites (tertiary alicyclic amines) is 1. The van der Waals surface area contributed by atoms with Gasteiger partial charge in [-0.3, -0.25) is 9.89 Å². The Balaban J connectivity index is 0.000000283. The van der Waals surface area contributed by atoms with Gasteiger partial charge in [-0.2, -0.15) is 13.9 Å². The zero-order valence-corrected chi connectivity index (χ0v) is 19.8. The molecule has 0 atom stereocenters. The predicted molar refractivity (Wildman–Crippen MR) is 128 cm³/mol. The SMILES string of the molecule is C=CC(=O)N1CCCCC1.Nc1ncnc2n[nH]c(-c3ccc(Oc4c(F)c(F)cc(F)c4F)cc3F)c12. The summed E-state index contributed by atoms with van der Waals surface area (Å²) in [5, 5.41) is 6.75. The first-order chi connectivity index (χ1) is 18.2. The van der Waals surface area contributed by atoms with Crippen molar-refractivity contribution in [2.45, 2.75) is 19.3 Å². The summed E-state index contributed by atoms with van der Waals surface area (Å²) in [6, 6.07) is 3.17. The van der Waals surface area contributed by atoms with Crippen molar-refractivity contribution < 1.29 is 31.5 Å². The first-order valence-corrected chi connectivity index (χ1v) is 11.4. The molecular weight excluding hydrogens is 511 g/mol. The lowest BCUT2D eigenvalue weighted by atomic mass is 10.1. The van der Waals surface area contributed by atoms with Crippen molar-refractivity contribution in [1.82, 2.24) is 25.1 Å². The highest BCUT2D eigenvalue weighted by atomic mass is 19.2. The summed E-state index contributed by atoms with van der Waals surface area (Å²) < 4.78 is 73.4. The third kappa shape index (κ3) is 5.41. The quantitative estimate of drug-likeness (QED) is 0.210. The van der Waals surface area contributed by atoms with Crippen LogP contribution in [0.5, 0.6) is 11.5 Å². The number of ether oxygens (including phenoxy) is 1. The van der Waals surface area contributed by atoms with Gasteiger partial charge in [-0.05, 0) is 37.5 Å². The van der Waals surface area contributed by atoms with Crippen LogP contribution in [0.1, 0.15) is 19.3 Å². The standard InChI is InChI=1S/C17H8F5N5O.C8H13NO/c18-8-3-6(28-15-12(21)9(19)4-10(20)13(15)22)1-2-7(8)14-11-16(23)24-5-25-17(11)27-26-14;1-2-8(10)9-6-4-3-5-7-9/h1-5H,(H3,23,24,25,26,27);2H,1,3-7H2. The van der Waals surface area contributed by atoms with Crippen molar-refractivity contribution >= 4 is 22.8 Å². The smallest absolute Gasteiger partial charge is 0.245 e. The molecule has 1 saturated heterocycles. The number of amides is 1. The number of nitrogens with one attached hydrogen (secondary N) is 1. The molecule has 0 bridgehead atoms. The molecule has 1 fully saturated rings. The second kappa shape index (κ2) is 11.2. The minimum absolute atomic E-state index is 0.0114. The fourth-order valence-electron chi connectivity index (χ4n) is 3.84. The second-order valence-corrected chi connectivity index (χ2v) is 8.19. The number of carbonyl (C=O) groups excluding carboxylic acids is 1. The Kier molecular flexibility index (Phi) is 7.84. The molecule has 198 valence electrons. The molecule has 0 unspecified atom stereocenters. The number of rotatable bonds is 4. The van der Waals surface area contributed by atoms with E-state index in [1.54, 1.807) is 0 Å². The molecule has 3 heterocycles. The van der Waals surface area contributed by atoms with Crippen LogP contribution in [-0.4, -0.2) is 44.1 Å². The van der Waals surface area contributed by atoms with Crippen LogP contribution in [0.3, 0.4) is 0 Å². The van der Waals surface area contributed by atoms with E-state index in [4.69, 9.17) is 10.5 Å². The zero-order valence-electron chi connectivity index (χ0n) is 19.8. The van der Waals surface area contributed by atoms with E-state index in [1.165, 1.54) is 24.9 Å². The molecule has 2 aromatic carbocycles. The number of aromatic amines is 1. The molecule has 0 saturated carbocycles. The van der Waals surface area contributed by atoms with Gasteiger partial charge in [0.05, 0.1) is 11.1 Å². The number of piperidine rings is 1. The fraction of sp³-hybridized carbons (Fsp3) is 0.200. The Morgan fingerprint density at radius 3 is 2.32 bits per heavy atom. The Hall–Kier alpha value is -4.55. The van der Waals surface area contributed by atoms with Gasteiger partial charge in [-0.1, -0.05) is 6.58 Å². The number of benzene rings is 2. The van der Waals surface area contributed by atoms with Crippen molar-refractivity contribution in [3.63, 3.8) is 0 Å². The monoisotopic (exact) mass is 532 g/mol. The van der Waals surface area contributed by atoms with E-state index in [2.05, 4.69) is 26.7 Å². The third-order valence-electron chi connectivity index (χ3n) is 5.72. The number of carbonyl (C=O) groups is 1. The van der Waals surface area contributed by atoms with Gasteiger partial charge in [-0.15, -0.1) is 0 Å². The van der Waals surface area contributed by atoms with E-state index in [-0.39, 0.29) is 40.1 Å². The predicted octanol–water partition coefficient (Wildman–Crippen LogP) is 5.27. The average molecular weight is 532 g/mol. The Morgan fingerprint density at radius 1 is 1.00 bits per heavy atom. The molecule has 2 aromatic heterocycles. The topological polar surface area (TPSA) is 110 Å². The number of aromatic nitrogens is 4. The van der Waals surface area contributed by atoms with Crippen LogP contribution >= 0.6 is 0 Å². The van der Waals surface area contributed by atoms with E-state index >= 15 is 0 Å². The van der Waals surface area contributed by atoms with Gasteiger partial charge in [0.2, 0.25) is 23.3 Å². The molecule has 0 spiro atoms. The minimum atomic E-state index is -1.74. The summed E-state index contributed by atoms with van der Waals surface area (Å²) in [6.45, 7) is 5.29. The molecule has 13 heteroatoms. The van der Waals surface area contributed by atoms with Crippen molar-refractivity contribution in [2.75, 3.05) is 18.8 Å². The maximum absolute atomic E-state index is 14.6. The summed E-state index contributed by atoms with van der Waals surface area (Å²) >= 11 is 0. The summed E-state index contributed by atoms with van der Waals surface area (Å²) in [5.41, 5.74) is 6.14. The molecule has 1 aliphatic rings. The molecule has 8 nitrogen and oxygen atoms in total. The maximum atomic E-state index is 14.6. The highest BCUT2D eigenvalue weighted by Gasteiger charge is 2.22. The third-order valence-corrected chi connectivity index (χ3v) is 5.72. The molecule has 1 amide bonds. The van der Waals surface area contributed by atoms with Crippen LogP contribution < -0.4 is 10.5 Å². The normalized spacial score (nSPS) is 13.1. The Morgan fingerprint density at radius 2 is 1.68 bits per heavy atom. The Labute approximate surface area is 212 Å². The molecule has 0 aliphatic carbocycles. The van der Waals surface area contributed by atoms with Gasteiger partial charge in [0.1, 0.15) is 23.7 Å². The van der Waals surface area contributed by atoms with Crippen LogP contribution in [0.15, 0.2) is 43.2 Å². The number of hydrogen-bond donors (Lipinski definition) is 2. The highest BCUT2D eigenvalue weighted by Crippen LogP contribution is 2.35. The van der Waals surface area contributed by atoms with Crippen LogP contribution in [0.25, 0.3) is 22.3 Å². The lowest BCUT2D eigenvalue weighted by Crippen LogP contribution is -2.34. The van der Waals surface area contributed by atoms with E-state index in [0.717, 1.165) is 38.1 Å². The number of halogens is 5. The number of H-pyrrole nitrogens is 1. The summed E-state index contributed by atoms with van der Waals surface area (Å²) in [6.07, 6.45) is 6.15. The largest absolute Gasteiger partial charge is 0.451 e. The Bertz CT molecular complexity index is 1480. The minimum Gasteiger partial charge on any atom is -0.451 e. The number of anilines is 1. The van der Waals surface area contributed by atoms with E-state index in [1.807, 2.05) is 4.90 Å². The number of fused-ring (bicyclic) bond motifs is 1. The highest BCUT2D eigenvalue weighted by molar-refractivity contribution is 5.97. The molecule has 0 radical (unpaired) electrons. The second-order valence-electron chi connectivity index (χ2n) is 8.19. The maximum Gasteiger partial charge on any atom is 0.245 e. The van der Waals surface area contributed by atoms with Gasteiger partial charge < -0.3 is 15.4 Å². The number of nitrogens with two attached hydrogens (primary N) is 1. The van der Waals surface area contributed by atoms with Crippen LogP contribution in [0, 0.1) is 29.1 Å². The van der Waals surface area contributed by atoms with Crippen LogP contribution in [-0.2, 0) is 4.79 Å². The summed E-state index contributed by atoms with van der Waals surface area (Å²) in [4.78, 5) is 20.5. The van der Waals surface area contributed by atoms with E-state index in [9.17, 15) is 26.7 Å². The van der Waals surface area contributed by atoms with Crippen molar-refractivity contribution in [2.24, 2.45) is 0 Å². The lowest BCUT2D eigenvalue weighted by molar-refractivity contribution is -0.126. The molecular formula is C25H21F5N6O2. The number of hydrogen-bond acceptors (Lipinski definition) is 6. The zero-order chi connectivity index (χ0) is 27.4. The molecule has 38 heavy (non-hydrogen) atoms. The average Bonchev–Trinajstić information content (AvgIpc) is 3.36. The first kappa shape index (κ1) is 26.5. The van der Waals surface area contributed by atoms with E-state index in [0.29, 0.717) is 0 Å². The van der Waals surface area contributed by atoms with Gasteiger partial charge in [0.15, 0.2) is 17.3 Å². The summed E-state index contributed by atoms with van der Waals surface area (Å²) in [7, 11) is 0. The number of nitrogen functional groups attached to an aromatic ring is 1. The summed E-state index contributed by atoms with van der Waals surface area (Å²) in [5.74, 6) is -9.24. The molecule has 3 N–H and O–H groups in total. The van der Waals surface area contributed by atoms with Crippen molar-refractivity contribution in [3.05, 3.63) is 72.3 Å². The molecule has 4 aromatic rings. The van der Waals surface area contributed by atoms with Gasteiger partial charge >= 0.3 is 0 Å². The molecule has 1 aliphatic heterocycles. The van der Waals surface area contributed by atoms with Crippen molar-refractivity contribution in [1.29, 1.82) is 0 Å². The first-order valence-electron chi connectivity index (χ1n) is 11.4. The molecule has 5 rings (SSSR count). The van der Waals surface area contributed by atoms with Crippen LogP contribution in [0.2, 0.25) is 0 Å². The van der Waals surface area contributed by atoms with Gasteiger partial charge in [0, 0.05) is 30.8 Å². The van der Waals surface area contributed by atoms with E-state index < -0.39 is 40.6 Å². The number of nitrogens with zero attached hydrogens (tertiary/aromatic N) is 4. The van der Waals surface area contributed by atoms with Gasteiger partial charge in [-0.25, -0.2) is 23.1 Å².